The number of anilines is 1. The van der Waals surface area contributed by atoms with Crippen molar-refractivity contribution in [3.05, 3.63) is 82.0 Å². The van der Waals surface area contributed by atoms with Crippen LogP contribution < -0.4 is 15.5 Å². The van der Waals surface area contributed by atoms with Gasteiger partial charge in [-0.2, -0.15) is 0 Å². The first-order chi connectivity index (χ1) is 13.6. The van der Waals surface area contributed by atoms with Gasteiger partial charge in [0.25, 0.3) is 5.91 Å². The van der Waals surface area contributed by atoms with Crippen molar-refractivity contribution in [2.75, 3.05) is 5.32 Å². The second kappa shape index (κ2) is 9.68. The predicted octanol–water partition coefficient (Wildman–Crippen LogP) is 4.02. The van der Waals surface area contributed by atoms with Crippen LogP contribution in [0.3, 0.4) is 0 Å². The minimum absolute atomic E-state index is 0.123. The molecular weight excluding hydrogens is 376 g/mol. The number of ether oxygens (including phenoxy) is 1. The van der Waals surface area contributed by atoms with Gasteiger partial charge in [0.15, 0.2) is 0 Å². The van der Waals surface area contributed by atoms with Crippen molar-refractivity contribution >= 4 is 28.8 Å². The SMILES string of the molecule is O=C(CCc1ccc(C(=O)NO)s1)Nc1cccc(OCc2ccccc2)c1. The molecule has 0 aliphatic carbocycles. The zero-order valence-corrected chi connectivity index (χ0v) is 15.9. The van der Waals surface area contributed by atoms with Crippen LogP contribution in [-0.2, 0) is 17.8 Å². The number of nitrogens with one attached hydrogen (secondary N) is 2. The van der Waals surface area contributed by atoms with E-state index in [1.54, 1.807) is 23.7 Å². The van der Waals surface area contributed by atoms with Crippen molar-refractivity contribution in [1.82, 2.24) is 5.48 Å². The Labute approximate surface area is 166 Å². The third kappa shape index (κ3) is 5.67. The monoisotopic (exact) mass is 396 g/mol. The van der Waals surface area contributed by atoms with E-state index in [9.17, 15) is 9.59 Å². The lowest BCUT2D eigenvalue weighted by Gasteiger charge is -2.09. The van der Waals surface area contributed by atoms with Crippen LogP contribution in [0.15, 0.2) is 66.7 Å². The number of carbonyl (C=O) groups excluding carboxylic acids is 2. The summed E-state index contributed by atoms with van der Waals surface area (Å²) in [7, 11) is 0. The highest BCUT2D eigenvalue weighted by atomic mass is 32.1. The van der Waals surface area contributed by atoms with Crippen molar-refractivity contribution < 1.29 is 19.5 Å². The first-order valence-corrected chi connectivity index (χ1v) is 9.55. The lowest BCUT2D eigenvalue weighted by Crippen LogP contribution is -2.16. The van der Waals surface area contributed by atoms with Crippen LogP contribution in [-0.4, -0.2) is 17.0 Å². The van der Waals surface area contributed by atoms with Gasteiger partial charge in [-0.15, -0.1) is 11.3 Å². The normalized spacial score (nSPS) is 10.3. The summed E-state index contributed by atoms with van der Waals surface area (Å²) in [6.45, 7) is 0.459. The molecule has 0 spiro atoms. The standard InChI is InChI=1S/C21H20N2O4S/c24-20(12-10-18-9-11-19(28-18)21(25)23-26)22-16-7-4-8-17(13-16)27-14-15-5-2-1-3-6-15/h1-9,11,13,26H,10,12,14H2,(H,22,24)(H,23,25). The van der Waals surface area contributed by atoms with Crippen molar-refractivity contribution in [1.29, 1.82) is 0 Å². The average Bonchev–Trinajstić information content (AvgIpc) is 3.20. The smallest absolute Gasteiger partial charge is 0.284 e. The van der Waals surface area contributed by atoms with Gasteiger partial charge in [0.1, 0.15) is 12.4 Å². The number of hydrogen-bond acceptors (Lipinski definition) is 5. The molecule has 3 rings (SSSR count). The topological polar surface area (TPSA) is 87.7 Å². The number of aryl methyl sites for hydroxylation is 1. The molecule has 0 saturated heterocycles. The third-order valence-corrected chi connectivity index (χ3v) is 5.10. The van der Waals surface area contributed by atoms with E-state index in [-0.39, 0.29) is 12.3 Å². The van der Waals surface area contributed by atoms with Crippen LogP contribution >= 0.6 is 11.3 Å². The zero-order valence-electron chi connectivity index (χ0n) is 15.1. The molecule has 1 heterocycles. The molecule has 144 valence electrons. The van der Waals surface area contributed by atoms with Crippen LogP contribution in [0.2, 0.25) is 0 Å². The van der Waals surface area contributed by atoms with Crippen molar-refractivity contribution in [2.24, 2.45) is 0 Å². The molecule has 0 saturated carbocycles. The summed E-state index contributed by atoms with van der Waals surface area (Å²) in [5.74, 6) is 0.00866. The van der Waals surface area contributed by atoms with E-state index < -0.39 is 5.91 Å². The van der Waals surface area contributed by atoms with Crippen LogP contribution in [0.5, 0.6) is 5.75 Å². The molecule has 0 aliphatic rings. The Bertz CT molecular complexity index is 940. The average molecular weight is 396 g/mol. The van der Waals surface area contributed by atoms with Crippen molar-refractivity contribution in [2.45, 2.75) is 19.4 Å². The summed E-state index contributed by atoms with van der Waals surface area (Å²) in [5.41, 5.74) is 3.34. The number of thiophene rings is 1. The number of carbonyl (C=O) groups is 2. The number of rotatable bonds is 8. The molecule has 0 aliphatic heterocycles. The minimum atomic E-state index is -0.548. The molecule has 0 bridgehead atoms. The fraction of sp³-hybridized carbons (Fsp3) is 0.143. The largest absolute Gasteiger partial charge is 0.489 e. The molecule has 0 atom stereocenters. The molecule has 0 unspecified atom stereocenters. The second-order valence-corrected chi connectivity index (χ2v) is 7.23. The number of amides is 2. The Morgan fingerprint density at radius 3 is 2.61 bits per heavy atom. The maximum atomic E-state index is 12.2. The Morgan fingerprint density at radius 2 is 1.82 bits per heavy atom. The molecule has 0 radical (unpaired) electrons. The van der Waals surface area contributed by atoms with Gasteiger partial charge in [0.05, 0.1) is 4.88 Å². The molecular formula is C21H20N2O4S. The highest BCUT2D eigenvalue weighted by Gasteiger charge is 2.10. The lowest BCUT2D eigenvalue weighted by molar-refractivity contribution is -0.116. The van der Waals surface area contributed by atoms with Gasteiger partial charge in [-0.1, -0.05) is 36.4 Å². The summed E-state index contributed by atoms with van der Waals surface area (Å²) in [6.07, 6.45) is 0.801. The van der Waals surface area contributed by atoms with Gasteiger partial charge >= 0.3 is 0 Å². The molecule has 0 fully saturated rings. The summed E-state index contributed by atoms with van der Waals surface area (Å²) >= 11 is 1.25. The fourth-order valence-corrected chi connectivity index (χ4v) is 3.45. The van der Waals surface area contributed by atoms with E-state index >= 15 is 0 Å². The number of hydrogen-bond donors (Lipinski definition) is 3. The van der Waals surface area contributed by atoms with E-state index in [1.807, 2.05) is 48.5 Å². The molecule has 6 nitrogen and oxygen atoms in total. The first-order valence-electron chi connectivity index (χ1n) is 8.74. The highest BCUT2D eigenvalue weighted by Crippen LogP contribution is 2.20. The molecule has 2 aromatic carbocycles. The maximum absolute atomic E-state index is 12.2. The third-order valence-electron chi connectivity index (χ3n) is 3.95. The van der Waals surface area contributed by atoms with E-state index in [1.165, 1.54) is 11.3 Å². The maximum Gasteiger partial charge on any atom is 0.284 e. The predicted molar refractivity (Wildman–Crippen MR) is 108 cm³/mol. The summed E-state index contributed by atoms with van der Waals surface area (Å²) in [4.78, 5) is 24.8. The van der Waals surface area contributed by atoms with Crippen LogP contribution in [0, 0.1) is 0 Å². The first kappa shape index (κ1) is 19.6. The number of benzene rings is 2. The Morgan fingerprint density at radius 1 is 1.00 bits per heavy atom. The van der Waals surface area contributed by atoms with E-state index in [2.05, 4.69) is 5.32 Å². The lowest BCUT2D eigenvalue weighted by atomic mass is 10.2. The highest BCUT2D eigenvalue weighted by molar-refractivity contribution is 7.14. The minimum Gasteiger partial charge on any atom is -0.489 e. The Hall–Kier alpha value is -3.16. The summed E-state index contributed by atoms with van der Waals surface area (Å²) in [6, 6.07) is 20.5. The van der Waals surface area contributed by atoms with Gasteiger partial charge in [0, 0.05) is 23.1 Å². The van der Waals surface area contributed by atoms with E-state index in [0.717, 1.165) is 10.4 Å². The molecule has 7 heteroatoms. The molecule has 3 N–H and O–H groups in total. The quantitative estimate of drug-likeness (QED) is 0.396. The van der Waals surface area contributed by atoms with Gasteiger partial charge in [-0.25, -0.2) is 5.48 Å². The van der Waals surface area contributed by atoms with Crippen LogP contribution in [0.1, 0.15) is 26.5 Å². The molecule has 1 aromatic heterocycles. The molecule has 3 aromatic rings. The molecule has 2 amide bonds. The fourth-order valence-electron chi connectivity index (χ4n) is 2.55. The molecule has 28 heavy (non-hydrogen) atoms. The number of hydroxylamine groups is 1. The zero-order chi connectivity index (χ0) is 19.8. The second-order valence-electron chi connectivity index (χ2n) is 6.06. The van der Waals surface area contributed by atoms with Gasteiger partial charge in [-0.05, 0) is 36.2 Å². The van der Waals surface area contributed by atoms with Crippen molar-refractivity contribution in [3.63, 3.8) is 0 Å². The van der Waals surface area contributed by atoms with E-state index in [0.29, 0.717) is 29.3 Å². The van der Waals surface area contributed by atoms with Crippen LogP contribution in [0.4, 0.5) is 5.69 Å². The van der Waals surface area contributed by atoms with E-state index in [4.69, 9.17) is 9.94 Å². The Kier molecular flexibility index (Phi) is 6.78. The summed E-state index contributed by atoms with van der Waals surface area (Å²) in [5, 5.41) is 11.5. The van der Waals surface area contributed by atoms with Gasteiger partial charge < -0.3 is 10.1 Å². The Balaban J connectivity index is 1.50. The van der Waals surface area contributed by atoms with Crippen molar-refractivity contribution in [3.8, 4) is 5.75 Å². The van der Waals surface area contributed by atoms with Gasteiger partial charge in [-0.3, -0.25) is 14.8 Å². The van der Waals surface area contributed by atoms with Crippen LogP contribution in [0.25, 0.3) is 0 Å². The van der Waals surface area contributed by atoms with Gasteiger partial charge in [0.2, 0.25) is 5.91 Å². The summed E-state index contributed by atoms with van der Waals surface area (Å²) < 4.78 is 5.77.